The number of carbonyl (C=O) groups excluding carboxylic acids is 3. The van der Waals surface area contributed by atoms with Crippen molar-refractivity contribution in [3.63, 3.8) is 0 Å². The number of carbonyl (C=O) groups is 3. The zero-order valence-corrected chi connectivity index (χ0v) is 20.8. The maximum atomic E-state index is 12.5. The second-order valence-electron chi connectivity index (χ2n) is 7.72. The standard InChI is InChI=1S/C23H22Cl2N6O3S/c24-15-4-1-5-16(25)20(15)29-23(34)30-22-21-17(27-13-28-22)12-14(35-21)7-8-18(32)26-9-3-11-31-10-2-6-19(31)33/h1,4-5,7-8,12-13H,2-3,6,9-11H2,(H,26,32)(H2,27,28,29,30,34)/b8-7+. The van der Waals surface area contributed by atoms with Crippen molar-refractivity contribution in [3.05, 3.63) is 51.6 Å². The summed E-state index contributed by atoms with van der Waals surface area (Å²) in [7, 11) is 0. The molecule has 1 saturated heterocycles. The fourth-order valence-electron chi connectivity index (χ4n) is 3.55. The van der Waals surface area contributed by atoms with Gasteiger partial charge in [0.15, 0.2) is 5.82 Å². The van der Waals surface area contributed by atoms with E-state index in [0.29, 0.717) is 57.7 Å². The van der Waals surface area contributed by atoms with Crippen molar-refractivity contribution in [2.75, 3.05) is 30.3 Å². The lowest BCUT2D eigenvalue weighted by Gasteiger charge is -2.14. The lowest BCUT2D eigenvalue weighted by molar-refractivity contribution is -0.127. The van der Waals surface area contributed by atoms with Crippen LogP contribution in [0, 0.1) is 0 Å². The first-order valence-corrected chi connectivity index (χ1v) is 12.5. The summed E-state index contributed by atoms with van der Waals surface area (Å²) in [6, 6.07) is 6.17. The van der Waals surface area contributed by atoms with Crippen LogP contribution in [-0.2, 0) is 9.59 Å². The van der Waals surface area contributed by atoms with Crippen molar-refractivity contribution < 1.29 is 14.4 Å². The summed E-state index contributed by atoms with van der Waals surface area (Å²) >= 11 is 13.5. The number of nitrogens with zero attached hydrogens (tertiary/aromatic N) is 3. The highest BCUT2D eigenvalue weighted by molar-refractivity contribution is 7.20. The molecule has 35 heavy (non-hydrogen) atoms. The fourth-order valence-corrected chi connectivity index (χ4v) is 5.00. The van der Waals surface area contributed by atoms with E-state index in [2.05, 4.69) is 25.9 Å². The van der Waals surface area contributed by atoms with E-state index in [4.69, 9.17) is 23.2 Å². The molecular weight excluding hydrogens is 511 g/mol. The summed E-state index contributed by atoms with van der Waals surface area (Å²) < 4.78 is 0.656. The summed E-state index contributed by atoms with van der Waals surface area (Å²) in [6.45, 7) is 1.95. The van der Waals surface area contributed by atoms with Crippen LogP contribution in [-0.4, -0.2) is 52.3 Å². The molecule has 1 fully saturated rings. The molecule has 0 unspecified atom stereocenters. The van der Waals surface area contributed by atoms with Crippen LogP contribution in [0.1, 0.15) is 24.1 Å². The Balaban J connectivity index is 1.33. The van der Waals surface area contributed by atoms with Crippen LogP contribution in [0.25, 0.3) is 16.3 Å². The number of hydrogen-bond donors (Lipinski definition) is 3. The lowest BCUT2D eigenvalue weighted by atomic mass is 10.3. The van der Waals surface area contributed by atoms with Gasteiger partial charge in [0.1, 0.15) is 6.33 Å². The third-order valence-electron chi connectivity index (χ3n) is 5.24. The molecule has 0 bridgehead atoms. The van der Waals surface area contributed by atoms with E-state index in [-0.39, 0.29) is 11.8 Å². The van der Waals surface area contributed by atoms with Gasteiger partial charge in [-0.05, 0) is 37.1 Å². The maximum absolute atomic E-state index is 12.5. The molecule has 3 N–H and O–H groups in total. The van der Waals surface area contributed by atoms with E-state index in [9.17, 15) is 14.4 Å². The molecule has 0 atom stereocenters. The van der Waals surface area contributed by atoms with E-state index in [1.165, 1.54) is 23.7 Å². The molecule has 4 rings (SSSR count). The van der Waals surface area contributed by atoms with Crippen molar-refractivity contribution in [2.24, 2.45) is 0 Å². The van der Waals surface area contributed by atoms with E-state index in [1.54, 1.807) is 30.3 Å². The van der Waals surface area contributed by atoms with Crippen LogP contribution in [0.15, 0.2) is 36.7 Å². The van der Waals surface area contributed by atoms with E-state index < -0.39 is 6.03 Å². The van der Waals surface area contributed by atoms with Crippen molar-refractivity contribution in [2.45, 2.75) is 19.3 Å². The summed E-state index contributed by atoms with van der Waals surface area (Å²) in [4.78, 5) is 47.2. The number of fused-ring (bicyclic) bond motifs is 1. The highest BCUT2D eigenvalue weighted by Crippen LogP contribution is 2.32. The molecule has 182 valence electrons. The number of amides is 4. The molecule has 3 heterocycles. The van der Waals surface area contributed by atoms with Gasteiger partial charge in [-0.3, -0.25) is 14.9 Å². The number of nitrogens with one attached hydrogen (secondary N) is 3. The largest absolute Gasteiger partial charge is 0.352 e. The van der Waals surface area contributed by atoms with Crippen molar-refractivity contribution >= 4 is 80.2 Å². The van der Waals surface area contributed by atoms with E-state index in [1.807, 2.05) is 4.90 Å². The Hall–Kier alpha value is -3.21. The molecule has 9 nitrogen and oxygen atoms in total. The van der Waals surface area contributed by atoms with Crippen LogP contribution in [0.2, 0.25) is 10.0 Å². The summed E-state index contributed by atoms with van der Waals surface area (Å²) in [5, 5.41) is 8.76. The molecule has 1 aromatic carbocycles. The predicted octanol–water partition coefficient (Wildman–Crippen LogP) is 4.78. The highest BCUT2D eigenvalue weighted by atomic mass is 35.5. The Morgan fingerprint density at radius 3 is 2.71 bits per heavy atom. The quantitative estimate of drug-likeness (QED) is 0.285. The Morgan fingerprint density at radius 1 is 1.17 bits per heavy atom. The molecule has 1 aliphatic heterocycles. The second kappa shape index (κ2) is 11.5. The molecule has 12 heteroatoms. The molecule has 0 radical (unpaired) electrons. The first kappa shape index (κ1) is 24.9. The predicted molar refractivity (Wildman–Crippen MR) is 139 cm³/mol. The number of urea groups is 1. The summed E-state index contributed by atoms with van der Waals surface area (Å²) in [5.74, 6) is 0.278. The van der Waals surface area contributed by atoms with Crippen LogP contribution >= 0.6 is 34.5 Å². The third-order valence-corrected chi connectivity index (χ3v) is 6.96. The summed E-state index contributed by atoms with van der Waals surface area (Å²) in [5.41, 5.74) is 0.929. The minimum atomic E-state index is -0.555. The van der Waals surface area contributed by atoms with Gasteiger partial charge in [0.05, 0.1) is 25.9 Å². The Labute approximate surface area is 215 Å². The maximum Gasteiger partial charge on any atom is 0.324 e. The van der Waals surface area contributed by atoms with Crippen LogP contribution < -0.4 is 16.0 Å². The lowest BCUT2D eigenvalue weighted by Crippen LogP contribution is -2.29. The molecule has 0 saturated carbocycles. The third kappa shape index (κ3) is 6.47. The van der Waals surface area contributed by atoms with Crippen LogP contribution in [0.3, 0.4) is 0 Å². The number of anilines is 2. The number of halogens is 2. The number of hydrogen-bond acceptors (Lipinski definition) is 6. The van der Waals surface area contributed by atoms with Gasteiger partial charge in [-0.25, -0.2) is 14.8 Å². The van der Waals surface area contributed by atoms with Gasteiger partial charge in [-0.2, -0.15) is 0 Å². The average Bonchev–Trinajstić information content (AvgIpc) is 3.44. The van der Waals surface area contributed by atoms with Gasteiger partial charge in [-0.15, -0.1) is 11.3 Å². The molecular formula is C23H22Cl2N6O3S. The number of para-hydroxylation sites is 1. The second-order valence-corrected chi connectivity index (χ2v) is 9.62. The summed E-state index contributed by atoms with van der Waals surface area (Å²) in [6.07, 6.45) is 6.70. The normalized spacial score (nSPS) is 13.5. The molecule has 0 aliphatic carbocycles. The highest BCUT2D eigenvalue weighted by Gasteiger charge is 2.19. The van der Waals surface area contributed by atoms with Crippen molar-refractivity contribution in [1.82, 2.24) is 20.2 Å². The van der Waals surface area contributed by atoms with E-state index in [0.717, 1.165) is 17.8 Å². The average molecular weight is 533 g/mol. The van der Waals surface area contributed by atoms with Gasteiger partial charge >= 0.3 is 6.03 Å². The topological polar surface area (TPSA) is 116 Å². The van der Waals surface area contributed by atoms with E-state index >= 15 is 0 Å². The monoisotopic (exact) mass is 532 g/mol. The van der Waals surface area contributed by atoms with Gasteiger partial charge in [0.25, 0.3) is 0 Å². The minimum absolute atomic E-state index is 0.183. The fraction of sp³-hybridized carbons (Fsp3) is 0.261. The number of thiophene rings is 1. The molecule has 1 aliphatic rings. The number of benzene rings is 1. The Kier molecular flexibility index (Phi) is 8.17. The van der Waals surface area contributed by atoms with Gasteiger partial charge < -0.3 is 15.5 Å². The van der Waals surface area contributed by atoms with Crippen molar-refractivity contribution in [3.8, 4) is 0 Å². The SMILES string of the molecule is O=C(/C=C/c1cc2ncnc(NC(=O)Nc3c(Cl)cccc3Cl)c2s1)NCCCN1CCCC1=O. The molecule has 2 aromatic heterocycles. The number of likely N-dealkylation sites (tertiary alicyclic amines) is 1. The van der Waals surface area contributed by atoms with Gasteiger partial charge in [-0.1, -0.05) is 29.3 Å². The minimum Gasteiger partial charge on any atom is -0.352 e. The molecule has 4 amide bonds. The van der Waals surface area contributed by atoms with Crippen molar-refractivity contribution in [1.29, 1.82) is 0 Å². The molecule has 0 spiro atoms. The first-order chi connectivity index (χ1) is 16.9. The number of rotatable bonds is 8. The zero-order chi connectivity index (χ0) is 24.8. The molecule has 3 aromatic rings. The smallest absolute Gasteiger partial charge is 0.324 e. The first-order valence-electron chi connectivity index (χ1n) is 10.9. The Bertz CT molecular complexity index is 1280. The van der Waals surface area contributed by atoms with Crippen LogP contribution in [0.5, 0.6) is 0 Å². The van der Waals surface area contributed by atoms with Crippen LogP contribution in [0.4, 0.5) is 16.3 Å². The van der Waals surface area contributed by atoms with Gasteiger partial charge in [0.2, 0.25) is 11.8 Å². The zero-order valence-electron chi connectivity index (χ0n) is 18.5. The van der Waals surface area contributed by atoms with Gasteiger partial charge in [0, 0.05) is 37.0 Å². The Morgan fingerprint density at radius 2 is 1.97 bits per heavy atom. The number of aromatic nitrogens is 2.